The van der Waals surface area contributed by atoms with E-state index in [9.17, 15) is 9.59 Å². The average Bonchev–Trinajstić information content (AvgIpc) is 2.98. The minimum Gasteiger partial charge on any atom is -0.448 e. The van der Waals surface area contributed by atoms with Crippen LogP contribution in [0.3, 0.4) is 0 Å². The number of rotatable bonds is 6. The molecule has 0 fully saturated rings. The maximum atomic E-state index is 12.3. The van der Waals surface area contributed by atoms with Crippen LogP contribution >= 0.6 is 15.9 Å². The predicted molar refractivity (Wildman–Crippen MR) is 99.4 cm³/mol. The predicted octanol–water partition coefficient (Wildman–Crippen LogP) is 3.26. The fraction of sp³-hybridized carbons (Fsp3) is 0.278. The summed E-state index contributed by atoms with van der Waals surface area (Å²) in [5, 5.41) is 6.61. The molecule has 1 atom stereocenters. The molecule has 25 heavy (non-hydrogen) atoms. The SMILES string of the molecule is Cc1ccc(C(=O)NC(C(=O)NN=Cc2ccc(Br)o2)C(C)C)cc1. The van der Waals surface area contributed by atoms with Gasteiger partial charge < -0.3 is 9.73 Å². The van der Waals surface area contributed by atoms with E-state index in [-0.39, 0.29) is 11.8 Å². The third-order valence-electron chi connectivity index (χ3n) is 3.51. The molecule has 2 amide bonds. The summed E-state index contributed by atoms with van der Waals surface area (Å²) in [6.45, 7) is 5.65. The van der Waals surface area contributed by atoms with Gasteiger partial charge in [-0.25, -0.2) is 5.43 Å². The molecule has 2 N–H and O–H groups in total. The Morgan fingerprint density at radius 3 is 2.40 bits per heavy atom. The van der Waals surface area contributed by atoms with E-state index in [0.717, 1.165) is 5.56 Å². The molecule has 0 aliphatic heterocycles. The highest BCUT2D eigenvalue weighted by atomic mass is 79.9. The third-order valence-corrected chi connectivity index (χ3v) is 3.94. The Morgan fingerprint density at radius 2 is 1.84 bits per heavy atom. The van der Waals surface area contributed by atoms with Crippen LogP contribution in [0.4, 0.5) is 0 Å². The number of benzene rings is 1. The van der Waals surface area contributed by atoms with Crippen molar-refractivity contribution in [1.82, 2.24) is 10.7 Å². The number of carbonyl (C=O) groups excluding carboxylic acids is 2. The largest absolute Gasteiger partial charge is 0.448 e. The summed E-state index contributed by atoms with van der Waals surface area (Å²) in [7, 11) is 0. The Kier molecular flexibility index (Phi) is 6.52. The summed E-state index contributed by atoms with van der Waals surface area (Å²) in [5.41, 5.74) is 4.00. The lowest BCUT2D eigenvalue weighted by Gasteiger charge is -2.20. The van der Waals surface area contributed by atoms with Crippen molar-refractivity contribution in [3.05, 3.63) is 58.0 Å². The van der Waals surface area contributed by atoms with Crippen LogP contribution < -0.4 is 10.7 Å². The van der Waals surface area contributed by atoms with Gasteiger partial charge in [0.2, 0.25) is 0 Å². The van der Waals surface area contributed by atoms with E-state index in [1.807, 2.05) is 32.9 Å². The fourth-order valence-electron chi connectivity index (χ4n) is 2.09. The van der Waals surface area contributed by atoms with Crippen molar-refractivity contribution in [2.24, 2.45) is 11.0 Å². The summed E-state index contributed by atoms with van der Waals surface area (Å²) >= 11 is 3.19. The quantitative estimate of drug-likeness (QED) is 0.571. The summed E-state index contributed by atoms with van der Waals surface area (Å²) in [5.74, 6) is -0.288. The number of hydrogen-bond acceptors (Lipinski definition) is 4. The number of hydrazone groups is 1. The van der Waals surface area contributed by atoms with Crippen LogP contribution in [0.15, 0.2) is 50.6 Å². The van der Waals surface area contributed by atoms with Gasteiger partial charge in [0.05, 0.1) is 6.21 Å². The van der Waals surface area contributed by atoms with E-state index in [1.165, 1.54) is 6.21 Å². The van der Waals surface area contributed by atoms with Crippen LogP contribution in [-0.2, 0) is 4.79 Å². The number of carbonyl (C=O) groups is 2. The van der Waals surface area contributed by atoms with Crippen LogP contribution in [0.25, 0.3) is 0 Å². The van der Waals surface area contributed by atoms with Gasteiger partial charge in [0.25, 0.3) is 11.8 Å². The van der Waals surface area contributed by atoms with E-state index in [1.54, 1.807) is 24.3 Å². The second kappa shape index (κ2) is 8.62. The molecule has 0 aliphatic carbocycles. The first-order chi connectivity index (χ1) is 11.9. The fourth-order valence-corrected chi connectivity index (χ4v) is 2.41. The zero-order chi connectivity index (χ0) is 18.4. The highest BCUT2D eigenvalue weighted by Gasteiger charge is 2.24. The summed E-state index contributed by atoms with van der Waals surface area (Å²) in [6, 6.07) is 9.89. The molecule has 1 aromatic carbocycles. The molecule has 6 nitrogen and oxygen atoms in total. The normalized spacial score (nSPS) is 12.4. The molecule has 1 heterocycles. The molecule has 2 rings (SSSR count). The van der Waals surface area contributed by atoms with Crippen molar-refractivity contribution in [3.8, 4) is 0 Å². The average molecular weight is 406 g/mol. The van der Waals surface area contributed by atoms with Gasteiger partial charge in [0, 0.05) is 5.56 Å². The third kappa shape index (κ3) is 5.56. The van der Waals surface area contributed by atoms with Gasteiger partial charge in [-0.15, -0.1) is 0 Å². The van der Waals surface area contributed by atoms with Crippen LogP contribution in [0.5, 0.6) is 0 Å². The van der Waals surface area contributed by atoms with Gasteiger partial charge in [-0.2, -0.15) is 5.10 Å². The minimum absolute atomic E-state index is 0.0950. The summed E-state index contributed by atoms with van der Waals surface area (Å²) in [6.07, 6.45) is 1.39. The monoisotopic (exact) mass is 405 g/mol. The highest BCUT2D eigenvalue weighted by Crippen LogP contribution is 2.12. The van der Waals surface area contributed by atoms with Gasteiger partial charge in [-0.1, -0.05) is 31.5 Å². The van der Waals surface area contributed by atoms with Gasteiger partial charge in [0.15, 0.2) is 4.67 Å². The topological polar surface area (TPSA) is 83.7 Å². The van der Waals surface area contributed by atoms with Crippen molar-refractivity contribution in [2.45, 2.75) is 26.8 Å². The Morgan fingerprint density at radius 1 is 1.16 bits per heavy atom. The molecule has 0 saturated carbocycles. The first kappa shape index (κ1) is 18.9. The maximum absolute atomic E-state index is 12.3. The van der Waals surface area contributed by atoms with E-state index in [0.29, 0.717) is 16.0 Å². The second-order valence-corrected chi connectivity index (χ2v) is 6.72. The summed E-state index contributed by atoms with van der Waals surface area (Å²) in [4.78, 5) is 24.6. The Labute approximate surface area is 154 Å². The van der Waals surface area contributed by atoms with Gasteiger partial charge in [-0.05, 0) is 53.0 Å². The molecule has 0 saturated heterocycles. The van der Waals surface area contributed by atoms with Crippen molar-refractivity contribution in [2.75, 3.05) is 0 Å². The number of hydrogen-bond donors (Lipinski definition) is 2. The number of amides is 2. The van der Waals surface area contributed by atoms with E-state index < -0.39 is 11.9 Å². The van der Waals surface area contributed by atoms with E-state index in [2.05, 4.69) is 31.8 Å². The molecule has 0 aliphatic rings. The van der Waals surface area contributed by atoms with Crippen molar-refractivity contribution in [1.29, 1.82) is 0 Å². The molecule has 0 spiro atoms. The number of furan rings is 1. The first-order valence-corrected chi connectivity index (χ1v) is 8.62. The molecule has 1 unspecified atom stereocenters. The molecule has 0 bridgehead atoms. The van der Waals surface area contributed by atoms with Crippen molar-refractivity contribution >= 4 is 34.0 Å². The van der Waals surface area contributed by atoms with E-state index >= 15 is 0 Å². The molecule has 1 aromatic heterocycles. The number of nitrogens with zero attached hydrogens (tertiary/aromatic N) is 1. The Hall–Kier alpha value is -2.41. The lowest BCUT2D eigenvalue weighted by molar-refractivity contribution is -0.123. The number of halogens is 1. The van der Waals surface area contributed by atoms with Crippen LogP contribution in [0.1, 0.15) is 35.5 Å². The zero-order valence-corrected chi connectivity index (χ0v) is 15.8. The van der Waals surface area contributed by atoms with Crippen LogP contribution in [-0.4, -0.2) is 24.1 Å². The molecule has 132 valence electrons. The van der Waals surface area contributed by atoms with Gasteiger partial charge in [-0.3, -0.25) is 9.59 Å². The number of aryl methyl sites for hydroxylation is 1. The molecule has 0 radical (unpaired) electrons. The smallest absolute Gasteiger partial charge is 0.262 e. The zero-order valence-electron chi connectivity index (χ0n) is 14.2. The van der Waals surface area contributed by atoms with Crippen molar-refractivity contribution < 1.29 is 14.0 Å². The maximum Gasteiger partial charge on any atom is 0.262 e. The Balaban J connectivity index is 1.99. The molecule has 7 heteroatoms. The van der Waals surface area contributed by atoms with E-state index in [4.69, 9.17) is 4.42 Å². The second-order valence-electron chi connectivity index (χ2n) is 5.94. The highest BCUT2D eigenvalue weighted by molar-refractivity contribution is 9.10. The van der Waals surface area contributed by atoms with Gasteiger partial charge in [0.1, 0.15) is 11.8 Å². The van der Waals surface area contributed by atoms with Crippen LogP contribution in [0, 0.1) is 12.8 Å². The first-order valence-electron chi connectivity index (χ1n) is 7.82. The number of nitrogens with one attached hydrogen (secondary N) is 2. The lowest BCUT2D eigenvalue weighted by atomic mass is 10.0. The molecule has 2 aromatic rings. The van der Waals surface area contributed by atoms with Gasteiger partial charge >= 0.3 is 0 Å². The summed E-state index contributed by atoms with van der Waals surface area (Å²) < 4.78 is 5.83. The lowest BCUT2D eigenvalue weighted by Crippen LogP contribution is -2.48. The standard InChI is InChI=1S/C18H20BrN3O3/c1-11(2)16(21-17(23)13-6-4-12(3)5-7-13)18(24)22-20-10-14-8-9-15(19)25-14/h4-11,16H,1-3H3,(H,21,23)(H,22,24). The molecular formula is C18H20BrN3O3. The van der Waals surface area contributed by atoms with Crippen molar-refractivity contribution in [3.63, 3.8) is 0 Å². The Bertz CT molecular complexity index is 766. The van der Waals surface area contributed by atoms with Crippen LogP contribution in [0.2, 0.25) is 0 Å². The minimum atomic E-state index is -0.700. The molecular weight excluding hydrogens is 386 g/mol.